The fraction of sp³-hybridized carbons (Fsp3) is 0.750. The fourth-order valence-corrected chi connectivity index (χ4v) is 2.60. The smallest absolute Gasteiger partial charge is 0.305 e. The van der Waals surface area contributed by atoms with Gasteiger partial charge in [-0.3, -0.25) is 9.59 Å². The van der Waals surface area contributed by atoms with Crippen molar-refractivity contribution in [2.75, 3.05) is 5.75 Å². The molecule has 1 heterocycles. The third kappa shape index (κ3) is 4.69. The molecule has 1 aliphatic carbocycles. The SMILES string of the molecule is CC(C)C(CC(=O)O)NC(=O)CSc1nnnn1C1CC1. The van der Waals surface area contributed by atoms with Crippen molar-refractivity contribution in [2.24, 2.45) is 5.92 Å². The van der Waals surface area contributed by atoms with Crippen LogP contribution in [0.15, 0.2) is 5.16 Å². The van der Waals surface area contributed by atoms with Gasteiger partial charge in [0.2, 0.25) is 11.1 Å². The normalized spacial score (nSPS) is 16.0. The van der Waals surface area contributed by atoms with Crippen LogP contribution >= 0.6 is 11.8 Å². The van der Waals surface area contributed by atoms with Crippen molar-refractivity contribution in [2.45, 2.75) is 50.4 Å². The van der Waals surface area contributed by atoms with E-state index < -0.39 is 5.97 Å². The zero-order chi connectivity index (χ0) is 15.4. The zero-order valence-electron chi connectivity index (χ0n) is 12.0. The summed E-state index contributed by atoms with van der Waals surface area (Å²) in [5, 5.41) is 23.7. The van der Waals surface area contributed by atoms with Crippen molar-refractivity contribution in [1.82, 2.24) is 25.5 Å². The second-order valence-corrected chi connectivity index (χ2v) is 6.38. The number of rotatable bonds is 8. The molecule has 116 valence electrons. The lowest BCUT2D eigenvalue weighted by Gasteiger charge is -2.20. The molecule has 2 rings (SSSR count). The van der Waals surface area contributed by atoms with Crippen LogP contribution in [0.4, 0.5) is 0 Å². The van der Waals surface area contributed by atoms with Gasteiger partial charge in [-0.25, -0.2) is 4.68 Å². The number of thioether (sulfide) groups is 1. The average Bonchev–Trinajstić information content (AvgIpc) is 3.14. The van der Waals surface area contributed by atoms with Crippen molar-refractivity contribution >= 4 is 23.6 Å². The van der Waals surface area contributed by atoms with Crippen LogP contribution in [0, 0.1) is 5.92 Å². The summed E-state index contributed by atoms with van der Waals surface area (Å²) in [5.74, 6) is -0.882. The van der Waals surface area contributed by atoms with Crippen LogP contribution in [0.25, 0.3) is 0 Å². The fourth-order valence-electron chi connectivity index (χ4n) is 1.85. The first-order valence-corrected chi connectivity index (χ1v) is 7.87. The molecule has 9 heteroatoms. The number of nitrogens with one attached hydrogen (secondary N) is 1. The molecule has 0 bridgehead atoms. The van der Waals surface area contributed by atoms with Crippen molar-refractivity contribution < 1.29 is 14.7 Å². The van der Waals surface area contributed by atoms with E-state index in [0.29, 0.717) is 11.2 Å². The number of tetrazole rings is 1. The summed E-state index contributed by atoms with van der Waals surface area (Å²) < 4.78 is 1.75. The lowest BCUT2D eigenvalue weighted by Crippen LogP contribution is -2.41. The first-order chi connectivity index (χ1) is 9.97. The van der Waals surface area contributed by atoms with Gasteiger partial charge in [-0.15, -0.1) is 5.10 Å². The van der Waals surface area contributed by atoms with Gasteiger partial charge in [-0.05, 0) is 29.2 Å². The summed E-state index contributed by atoms with van der Waals surface area (Å²) in [5.41, 5.74) is 0. The molecule has 1 fully saturated rings. The molecule has 0 aromatic carbocycles. The number of carboxylic acids is 1. The van der Waals surface area contributed by atoms with Crippen molar-refractivity contribution in [3.8, 4) is 0 Å². The molecule has 1 aromatic heterocycles. The number of hydrogen-bond acceptors (Lipinski definition) is 6. The van der Waals surface area contributed by atoms with Gasteiger partial charge in [0.15, 0.2) is 0 Å². The Kier molecular flexibility index (Phi) is 5.16. The van der Waals surface area contributed by atoms with Gasteiger partial charge in [0.25, 0.3) is 0 Å². The third-order valence-electron chi connectivity index (χ3n) is 3.23. The summed E-state index contributed by atoms with van der Waals surface area (Å²) >= 11 is 1.27. The summed E-state index contributed by atoms with van der Waals surface area (Å²) in [7, 11) is 0. The van der Waals surface area contributed by atoms with E-state index in [-0.39, 0.29) is 30.0 Å². The molecule has 1 aliphatic rings. The predicted molar refractivity (Wildman–Crippen MR) is 75.8 cm³/mol. The van der Waals surface area contributed by atoms with Gasteiger partial charge < -0.3 is 10.4 Å². The lowest BCUT2D eigenvalue weighted by molar-refractivity contribution is -0.138. The number of aliphatic carboxylic acids is 1. The molecule has 8 nitrogen and oxygen atoms in total. The Labute approximate surface area is 126 Å². The molecule has 1 amide bonds. The Morgan fingerprint density at radius 3 is 2.76 bits per heavy atom. The van der Waals surface area contributed by atoms with Crippen molar-refractivity contribution in [1.29, 1.82) is 0 Å². The zero-order valence-corrected chi connectivity index (χ0v) is 12.8. The minimum Gasteiger partial charge on any atom is -0.481 e. The highest BCUT2D eigenvalue weighted by Crippen LogP contribution is 2.36. The molecular weight excluding hydrogens is 294 g/mol. The number of carbonyl (C=O) groups is 2. The highest BCUT2D eigenvalue weighted by atomic mass is 32.2. The maximum atomic E-state index is 11.9. The number of nitrogens with zero attached hydrogens (tertiary/aromatic N) is 4. The second kappa shape index (κ2) is 6.88. The van der Waals surface area contributed by atoms with Gasteiger partial charge in [0.1, 0.15) is 0 Å². The second-order valence-electron chi connectivity index (χ2n) is 5.44. The largest absolute Gasteiger partial charge is 0.481 e. The Bertz CT molecular complexity index is 515. The van der Waals surface area contributed by atoms with Crippen LogP contribution in [-0.4, -0.2) is 49.0 Å². The van der Waals surface area contributed by atoms with Crippen LogP contribution in [-0.2, 0) is 9.59 Å². The number of aromatic nitrogens is 4. The molecule has 1 atom stereocenters. The Hall–Kier alpha value is -1.64. The number of hydrogen-bond donors (Lipinski definition) is 2. The summed E-state index contributed by atoms with van der Waals surface area (Å²) in [4.78, 5) is 22.7. The van der Waals surface area contributed by atoms with Crippen LogP contribution in [0.2, 0.25) is 0 Å². The average molecular weight is 313 g/mol. The first-order valence-electron chi connectivity index (χ1n) is 6.89. The van der Waals surface area contributed by atoms with Gasteiger partial charge in [-0.1, -0.05) is 25.6 Å². The molecule has 21 heavy (non-hydrogen) atoms. The van der Waals surface area contributed by atoms with E-state index in [1.54, 1.807) is 4.68 Å². The van der Waals surface area contributed by atoms with Gasteiger partial charge in [-0.2, -0.15) is 0 Å². The third-order valence-corrected chi connectivity index (χ3v) is 4.17. The van der Waals surface area contributed by atoms with Gasteiger partial charge >= 0.3 is 5.97 Å². The van der Waals surface area contributed by atoms with Crippen LogP contribution in [0.5, 0.6) is 0 Å². The Balaban J connectivity index is 1.83. The number of amides is 1. The van der Waals surface area contributed by atoms with Crippen LogP contribution in [0.1, 0.15) is 39.2 Å². The standard InChI is InChI=1S/C12H19N5O3S/c1-7(2)9(5-11(19)20)13-10(18)6-21-12-14-15-16-17(12)8-3-4-8/h7-9H,3-6H2,1-2H3,(H,13,18)(H,19,20). The summed E-state index contributed by atoms with van der Waals surface area (Å²) in [6.45, 7) is 3.77. The molecule has 0 spiro atoms. The molecule has 1 saturated carbocycles. The van der Waals surface area contributed by atoms with Gasteiger partial charge in [0.05, 0.1) is 18.2 Å². The van der Waals surface area contributed by atoms with E-state index >= 15 is 0 Å². The van der Waals surface area contributed by atoms with Gasteiger partial charge in [0, 0.05) is 6.04 Å². The van der Waals surface area contributed by atoms with E-state index in [1.807, 2.05) is 13.8 Å². The van der Waals surface area contributed by atoms with Crippen LogP contribution < -0.4 is 5.32 Å². The predicted octanol–water partition coefficient (Wildman–Crippen LogP) is 0.716. The topological polar surface area (TPSA) is 110 Å². The van der Waals surface area contributed by atoms with E-state index in [4.69, 9.17) is 5.11 Å². The quantitative estimate of drug-likeness (QED) is 0.680. The van der Waals surface area contributed by atoms with Crippen molar-refractivity contribution in [3.05, 3.63) is 0 Å². The molecule has 1 unspecified atom stereocenters. The number of carbonyl (C=O) groups excluding carboxylic acids is 1. The van der Waals surface area contributed by atoms with E-state index in [1.165, 1.54) is 11.8 Å². The Morgan fingerprint density at radius 1 is 1.48 bits per heavy atom. The lowest BCUT2D eigenvalue weighted by atomic mass is 10.0. The highest BCUT2D eigenvalue weighted by molar-refractivity contribution is 7.99. The minimum absolute atomic E-state index is 0.0619. The molecule has 0 saturated heterocycles. The highest BCUT2D eigenvalue weighted by Gasteiger charge is 2.28. The molecule has 2 N–H and O–H groups in total. The van der Waals surface area contributed by atoms with E-state index in [2.05, 4.69) is 20.8 Å². The van der Waals surface area contributed by atoms with Crippen LogP contribution in [0.3, 0.4) is 0 Å². The molecular formula is C12H19N5O3S. The summed E-state index contributed by atoms with van der Waals surface area (Å²) in [6.07, 6.45) is 2.06. The minimum atomic E-state index is -0.917. The molecule has 0 aliphatic heterocycles. The maximum absolute atomic E-state index is 11.9. The van der Waals surface area contributed by atoms with E-state index in [0.717, 1.165) is 12.8 Å². The maximum Gasteiger partial charge on any atom is 0.305 e. The monoisotopic (exact) mass is 313 g/mol. The molecule has 0 radical (unpaired) electrons. The van der Waals surface area contributed by atoms with E-state index in [9.17, 15) is 9.59 Å². The molecule has 1 aromatic rings. The number of carboxylic acid groups (broad SMARTS) is 1. The Morgan fingerprint density at radius 2 is 2.19 bits per heavy atom. The first kappa shape index (κ1) is 15.7. The summed E-state index contributed by atoms with van der Waals surface area (Å²) in [6, 6.07) is -0.00369. The van der Waals surface area contributed by atoms with Crippen molar-refractivity contribution in [3.63, 3.8) is 0 Å².